The van der Waals surface area contributed by atoms with E-state index in [1.807, 2.05) is 0 Å². The standard InChI is InChI=1S/C14H19ClN2O2.ClH/c1-19-10-14(7-2-8-17-14)9-16-13(18)11-3-5-12(15)6-4-11;/h3-6,17H,2,7-10H2,1H3,(H,16,18);1H. The summed E-state index contributed by atoms with van der Waals surface area (Å²) in [6.07, 6.45) is 2.13. The highest BCUT2D eigenvalue weighted by molar-refractivity contribution is 6.30. The Morgan fingerprint density at radius 3 is 2.70 bits per heavy atom. The first-order valence-electron chi connectivity index (χ1n) is 6.43. The molecule has 1 fully saturated rings. The van der Waals surface area contributed by atoms with Crippen molar-refractivity contribution in [2.75, 3.05) is 26.8 Å². The second-order valence-corrected chi connectivity index (χ2v) is 5.37. The van der Waals surface area contributed by atoms with E-state index in [0.717, 1.165) is 19.4 Å². The van der Waals surface area contributed by atoms with Crippen LogP contribution in [-0.4, -0.2) is 38.3 Å². The van der Waals surface area contributed by atoms with Crippen LogP contribution in [0.15, 0.2) is 24.3 Å². The van der Waals surface area contributed by atoms with Crippen LogP contribution in [0.5, 0.6) is 0 Å². The van der Waals surface area contributed by atoms with Crippen molar-refractivity contribution >= 4 is 29.9 Å². The third kappa shape index (κ3) is 4.35. The van der Waals surface area contributed by atoms with Crippen molar-refractivity contribution in [3.05, 3.63) is 34.9 Å². The third-order valence-electron chi connectivity index (χ3n) is 3.45. The first kappa shape index (κ1) is 17.2. The Balaban J connectivity index is 0.00000200. The maximum atomic E-state index is 12.0. The fourth-order valence-corrected chi connectivity index (χ4v) is 2.55. The van der Waals surface area contributed by atoms with Gasteiger partial charge in [0.25, 0.3) is 5.91 Å². The zero-order valence-electron chi connectivity index (χ0n) is 11.4. The zero-order valence-corrected chi connectivity index (χ0v) is 13.0. The van der Waals surface area contributed by atoms with Gasteiger partial charge in [0.15, 0.2) is 0 Å². The molecule has 0 radical (unpaired) electrons. The lowest BCUT2D eigenvalue weighted by Crippen LogP contribution is -2.52. The molecule has 0 aromatic heterocycles. The lowest BCUT2D eigenvalue weighted by molar-refractivity contribution is 0.0892. The first-order chi connectivity index (χ1) is 9.15. The molecular weight excluding hydrogens is 299 g/mol. The lowest BCUT2D eigenvalue weighted by Gasteiger charge is -2.28. The average molecular weight is 319 g/mol. The van der Waals surface area contributed by atoms with E-state index >= 15 is 0 Å². The predicted molar refractivity (Wildman–Crippen MR) is 82.9 cm³/mol. The minimum Gasteiger partial charge on any atom is -0.383 e. The maximum Gasteiger partial charge on any atom is 0.251 e. The van der Waals surface area contributed by atoms with Crippen molar-refractivity contribution in [2.24, 2.45) is 0 Å². The fraction of sp³-hybridized carbons (Fsp3) is 0.500. The van der Waals surface area contributed by atoms with Crippen molar-refractivity contribution in [1.82, 2.24) is 10.6 Å². The van der Waals surface area contributed by atoms with Gasteiger partial charge in [-0.15, -0.1) is 12.4 Å². The Kier molecular flexibility index (Phi) is 6.76. The second-order valence-electron chi connectivity index (χ2n) is 4.93. The normalized spacial score (nSPS) is 21.3. The second kappa shape index (κ2) is 7.84. The van der Waals surface area contributed by atoms with Gasteiger partial charge in [0.1, 0.15) is 0 Å². The molecule has 6 heteroatoms. The summed E-state index contributed by atoms with van der Waals surface area (Å²) >= 11 is 5.80. The SMILES string of the molecule is COCC1(CNC(=O)c2ccc(Cl)cc2)CCCN1.Cl. The monoisotopic (exact) mass is 318 g/mol. The minimum atomic E-state index is -0.128. The summed E-state index contributed by atoms with van der Waals surface area (Å²) in [4.78, 5) is 12.0. The Bertz CT molecular complexity index is 431. The summed E-state index contributed by atoms with van der Waals surface area (Å²) in [5.41, 5.74) is 0.492. The van der Waals surface area contributed by atoms with Crippen LogP contribution in [0.25, 0.3) is 0 Å². The number of benzene rings is 1. The van der Waals surface area contributed by atoms with Gasteiger partial charge < -0.3 is 15.4 Å². The minimum absolute atomic E-state index is 0. The molecule has 2 rings (SSSR count). The van der Waals surface area contributed by atoms with Crippen molar-refractivity contribution in [3.8, 4) is 0 Å². The summed E-state index contributed by atoms with van der Waals surface area (Å²) in [7, 11) is 1.68. The molecule has 0 saturated carbocycles. The van der Waals surface area contributed by atoms with Crippen LogP contribution in [0.4, 0.5) is 0 Å². The molecule has 1 aromatic rings. The molecule has 4 nitrogen and oxygen atoms in total. The Morgan fingerprint density at radius 2 is 2.15 bits per heavy atom. The quantitative estimate of drug-likeness (QED) is 0.875. The van der Waals surface area contributed by atoms with Crippen LogP contribution in [0.2, 0.25) is 5.02 Å². The number of ether oxygens (including phenoxy) is 1. The van der Waals surface area contributed by atoms with E-state index in [1.54, 1.807) is 31.4 Å². The summed E-state index contributed by atoms with van der Waals surface area (Å²) in [5, 5.41) is 7.02. The van der Waals surface area contributed by atoms with Gasteiger partial charge in [0, 0.05) is 24.2 Å². The first-order valence-corrected chi connectivity index (χ1v) is 6.81. The van der Waals surface area contributed by atoms with E-state index in [9.17, 15) is 4.79 Å². The molecule has 1 amide bonds. The maximum absolute atomic E-state index is 12.0. The number of methoxy groups -OCH3 is 1. The van der Waals surface area contributed by atoms with E-state index in [0.29, 0.717) is 23.7 Å². The number of halogens is 2. The Hall–Kier alpha value is -0.810. The third-order valence-corrected chi connectivity index (χ3v) is 3.70. The van der Waals surface area contributed by atoms with E-state index in [1.165, 1.54) is 0 Å². The number of hydrogen-bond acceptors (Lipinski definition) is 3. The van der Waals surface area contributed by atoms with Crippen LogP contribution < -0.4 is 10.6 Å². The van der Waals surface area contributed by atoms with Crippen LogP contribution in [-0.2, 0) is 4.74 Å². The molecule has 2 N–H and O–H groups in total. The number of hydrogen-bond donors (Lipinski definition) is 2. The van der Waals surface area contributed by atoms with Gasteiger partial charge in [-0.25, -0.2) is 0 Å². The topological polar surface area (TPSA) is 50.4 Å². The molecule has 1 unspecified atom stereocenters. The van der Waals surface area contributed by atoms with E-state index in [4.69, 9.17) is 16.3 Å². The molecule has 1 aromatic carbocycles. The number of rotatable bonds is 5. The molecule has 1 saturated heterocycles. The largest absolute Gasteiger partial charge is 0.383 e. The van der Waals surface area contributed by atoms with E-state index in [2.05, 4.69) is 10.6 Å². The number of carbonyl (C=O) groups excluding carboxylic acids is 1. The molecule has 1 atom stereocenters. The highest BCUT2D eigenvalue weighted by Gasteiger charge is 2.33. The molecular formula is C14H20Cl2N2O2. The summed E-state index contributed by atoms with van der Waals surface area (Å²) in [6, 6.07) is 6.88. The van der Waals surface area contributed by atoms with Gasteiger partial charge in [0.2, 0.25) is 0 Å². The number of nitrogens with one attached hydrogen (secondary N) is 2. The highest BCUT2D eigenvalue weighted by atomic mass is 35.5. The van der Waals surface area contributed by atoms with Crippen molar-refractivity contribution in [3.63, 3.8) is 0 Å². The average Bonchev–Trinajstić information content (AvgIpc) is 2.86. The molecule has 0 aliphatic carbocycles. The summed E-state index contributed by atoms with van der Waals surface area (Å²) < 4.78 is 5.25. The van der Waals surface area contributed by atoms with E-state index in [-0.39, 0.29) is 23.9 Å². The fourth-order valence-electron chi connectivity index (χ4n) is 2.42. The van der Waals surface area contributed by atoms with Crippen molar-refractivity contribution in [2.45, 2.75) is 18.4 Å². The van der Waals surface area contributed by atoms with Crippen LogP contribution in [0.1, 0.15) is 23.2 Å². The van der Waals surface area contributed by atoms with Crippen LogP contribution in [0, 0.1) is 0 Å². The summed E-state index contributed by atoms with van der Waals surface area (Å²) in [6.45, 7) is 2.15. The van der Waals surface area contributed by atoms with Crippen LogP contribution in [0.3, 0.4) is 0 Å². The molecule has 1 heterocycles. The lowest BCUT2D eigenvalue weighted by atomic mass is 9.98. The van der Waals surface area contributed by atoms with Crippen molar-refractivity contribution < 1.29 is 9.53 Å². The van der Waals surface area contributed by atoms with Gasteiger partial charge in [-0.2, -0.15) is 0 Å². The van der Waals surface area contributed by atoms with Crippen molar-refractivity contribution in [1.29, 1.82) is 0 Å². The molecule has 112 valence electrons. The van der Waals surface area contributed by atoms with Gasteiger partial charge in [-0.05, 0) is 43.7 Å². The van der Waals surface area contributed by atoms with Gasteiger partial charge in [0.05, 0.1) is 12.1 Å². The smallest absolute Gasteiger partial charge is 0.251 e. The van der Waals surface area contributed by atoms with Crippen LogP contribution >= 0.6 is 24.0 Å². The number of amides is 1. The van der Waals surface area contributed by atoms with Gasteiger partial charge in [-0.3, -0.25) is 4.79 Å². The van der Waals surface area contributed by atoms with Gasteiger partial charge in [-0.1, -0.05) is 11.6 Å². The summed E-state index contributed by atoms with van der Waals surface area (Å²) in [5.74, 6) is -0.0826. The molecule has 1 aliphatic rings. The zero-order chi connectivity index (χ0) is 13.7. The predicted octanol–water partition coefficient (Wildman–Crippen LogP) is 2.26. The number of carbonyl (C=O) groups is 1. The molecule has 20 heavy (non-hydrogen) atoms. The van der Waals surface area contributed by atoms with Gasteiger partial charge >= 0.3 is 0 Å². The van der Waals surface area contributed by atoms with E-state index < -0.39 is 0 Å². The molecule has 0 spiro atoms. The highest BCUT2D eigenvalue weighted by Crippen LogP contribution is 2.19. The Labute approximate surface area is 130 Å². The molecule has 0 bridgehead atoms. The Morgan fingerprint density at radius 1 is 1.45 bits per heavy atom. The molecule has 1 aliphatic heterocycles.